The Morgan fingerprint density at radius 2 is 1.54 bits per heavy atom. The van der Waals surface area contributed by atoms with Crippen molar-refractivity contribution in [3.8, 4) is 0 Å². The summed E-state index contributed by atoms with van der Waals surface area (Å²) in [6, 6.07) is 21.1. The summed E-state index contributed by atoms with van der Waals surface area (Å²) in [7, 11) is 0. The van der Waals surface area contributed by atoms with Crippen molar-refractivity contribution in [2.75, 3.05) is 39.3 Å². The second-order valence-electron chi connectivity index (χ2n) is 7.67. The number of hydrogen-bond acceptors (Lipinski definition) is 3. The monoisotopic (exact) mass is 379 g/mol. The first-order valence-corrected chi connectivity index (χ1v) is 10.6. The van der Waals surface area contributed by atoms with E-state index in [-0.39, 0.29) is 11.9 Å². The molecule has 2 aromatic rings. The van der Waals surface area contributed by atoms with Gasteiger partial charge in [-0.2, -0.15) is 0 Å². The standard InChI is InChI=1S/C24H33N3O/c1-2-9-23(22-12-7-4-8-13-22)25-24(28)20-27-18-16-26(17-19-27)15-14-21-10-5-3-6-11-21/h3-8,10-13,23H,2,9,14-20H2,1H3,(H,25,28). The molecule has 0 spiro atoms. The van der Waals surface area contributed by atoms with Crippen LogP contribution in [-0.4, -0.2) is 55.0 Å². The fourth-order valence-corrected chi connectivity index (χ4v) is 3.84. The van der Waals surface area contributed by atoms with E-state index in [0.717, 1.165) is 52.0 Å². The maximum atomic E-state index is 12.6. The minimum absolute atomic E-state index is 0.117. The Kier molecular flexibility index (Phi) is 8.07. The van der Waals surface area contributed by atoms with E-state index in [0.29, 0.717) is 6.54 Å². The van der Waals surface area contributed by atoms with Crippen LogP contribution >= 0.6 is 0 Å². The largest absolute Gasteiger partial charge is 0.348 e. The van der Waals surface area contributed by atoms with Gasteiger partial charge in [0.05, 0.1) is 12.6 Å². The molecule has 1 amide bonds. The van der Waals surface area contributed by atoms with Crippen LogP contribution in [0, 0.1) is 0 Å². The maximum absolute atomic E-state index is 12.6. The molecule has 0 aliphatic carbocycles. The van der Waals surface area contributed by atoms with Crippen LogP contribution in [0.3, 0.4) is 0 Å². The second-order valence-corrected chi connectivity index (χ2v) is 7.67. The molecular weight excluding hydrogens is 346 g/mol. The van der Waals surface area contributed by atoms with Gasteiger partial charge in [0.25, 0.3) is 0 Å². The molecule has 1 fully saturated rings. The maximum Gasteiger partial charge on any atom is 0.234 e. The Morgan fingerprint density at radius 3 is 2.18 bits per heavy atom. The third-order valence-corrected chi connectivity index (χ3v) is 5.51. The smallest absolute Gasteiger partial charge is 0.234 e. The predicted molar refractivity (Wildman–Crippen MR) is 115 cm³/mol. The Hall–Kier alpha value is -2.17. The van der Waals surface area contributed by atoms with Crippen molar-refractivity contribution in [1.82, 2.24) is 15.1 Å². The lowest BCUT2D eigenvalue weighted by atomic mass is 10.0. The molecular formula is C24H33N3O. The SMILES string of the molecule is CCCC(NC(=O)CN1CCN(CCc2ccccc2)CC1)c1ccccc1. The van der Waals surface area contributed by atoms with E-state index >= 15 is 0 Å². The molecule has 3 rings (SSSR count). The Bertz CT molecular complexity index is 696. The van der Waals surface area contributed by atoms with Gasteiger partial charge in [0.2, 0.25) is 5.91 Å². The van der Waals surface area contributed by atoms with Crippen LogP contribution in [0.2, 0.25) is 0 Å². The van der Waals surface area contributed by atoms with E-state index in [4.69, 9.17) is 0 Å². The van der Waals surface area contributed by atoms with E-state index < -0.39 is 0 Å². The van der Waals surface area contributed by atoms with Gasteiger partial charge in [-0.15, -0.1) is 0 Å². The Morgan fingerprint density at radius 1 is 0.929 bits per heavy atom. The second kappa shape index (κ2) is 11.0. The van der Waals surface area contributed by atoms with Crippen molar-refractivity contribution in [3.05, 3.63) is 71.8 Å². The summed E-state index contributed by atoms with van der Waals surface area (Å²) in [5.41, 5.74) is 2.59. The van der Waals surface area contributed by atoms with Gasteiger partial charge in [-0.1, -0.05) is 74.0 Å². The summed E-state index contributed by atoms with van der Waals surface area (Å²) in [5.74, 6) is 0.139. The lowest BCUT2D eigenvalue weighted by molar-refractivity contribution is -0.123. The van der Waals surface area contributed by atoms with Gasteiger partial charge in [0.1, 0.15) is 0 Å². The molecule has 1 atom stereocenters. The number of nitrogens with one attached hydrogen (secondary N) is 1. The van der Waals surface area contributed by atoms with Crippen molar-refractivity contribution in [1.29, 1.82) is 0 Å². The van der Waals surface area contributed by atoms with Gasteiger partial charge in [0.15, 0.2) is 0 Å². The predicted octanol–water partition coefficient (Wildman–Crippen LogP) is 3.50. The fraction of sp³-hybridized carbons (Fsp3) is 0.458. The molecule has 1 aliphatic rings. The summed E-state index contributed by atoms with van der Waals surface area (Å²) in [5, 5.41) is 3.25. The van der Waals surface area contributed by atoms with Crippen molar-refractivity contribution in [2.24, 2.45) is 0 Å². The number of hydrogen-bond donors (Lipinski definition) is 1. The zero-order valence-corrected chi connectivity index (χ0v) is 17.0. The van der Waals surface area contributed by atoms with Crippen molar-refractivity contribution in [2.45, 2.75) is 32.2 Å². The minimum atomic E-state index is 0.117. The van der Waals surface area contributed by atoms with Crippen LogP contribution in [-0.2, 0) is 11.2 Å². The van der Waals surface area contributed by atoms with Crippen LogP contribution < -0.4 is 5.32 Å². The summed E-state index contributed by atoms with van der Waals surface area (Å²) in [6.07, 6.45) is 3.13. The van der Waals surface area contributed by atoms with Gasteiger partial charge >= 0.3 is 0 Å². The minimum Gasteiger partial charge on any atom is -0.348 e. The third-order valence-electron chi connectivity index (χ3n) is 5.51. The molecule has 0 saturated carbocycles. The molecule has 0 radical (unpaired) electrons. The molecule has 4 nitrogen and oxygen atoms in total. The van der Waals surface area contributed by atoms with Gasteiger partial charge in [-0.05, 0) is 24.0 Å². The van der Waals surface area contributed by atoms with Crippen LogP contribution in [0.5, 0.6) is 0 Å². The number of rotatable bonds is 9. The lowest BCUT2D eigenvalue weighted by Crippen LogP contribution is -2.50. The quantitative estimate of drug-likeness (QED) is 0.724. The summed E-state index contributed by atoms with van der Waals surface area (Å²) >= 11 is 0. The average Bonchev–Trinajstić information content (AvgIpc) is 2.74. The molecule has 4 heteroatoms. The number of carbonyl (C=O) groups is 1. The zero-order valence-electron chi connectivity index (χ0n) is 17.0. The topological polar surface area (TPSA) is 35.6 Å². The van der Waals surface area contributed by atoms with Crippen LogP contribution in [0.1, 0.15) is 36.9 Å². The van der Waals surface area contributed by atoms with Crippen LogP contribution in [0.15, 0.2) is 60.7 Å². The van der Waals surface area contributed by atoms with E-state index in [2.05, 4.69) is 64.5 Å². The molecule has 0 bridgehead atoms. The molecule has 1 unspecified atom stereocenters. The highest BCUT2D eigenvalue weighted by molar-refractivity contribution is 5.78. The molecule has 1 aliphatic heterocycles. The summed E-state index contributed by atoms with van der Waals surface area (Å²) in [4.78, 5) is 17.4. The number of nitrogens with zero attached hydrogens (tertiary/aromatic N) is 2. The number of piperazine rings is 1. The molecule has 1 heterocycles. The average molecular weight is 380 g/mol. The van der Waals surface area contributed by atoms with Gasteiger partial charge in [-0.25, -0.2) is 0 Å². The molecule has 28 heavy (non-hydrogen) atoms. The van der Waals surface area contributed by atoms with E-state index in [1.807, 2.05) is 18.2 Å². The molecule has 1 N–H and O–H groups in total. The first-order chi connectivity index (χ1) is 13.7. The number of benzene rings is 2. The molecule has 0 aromatic heterocycles. The first-order valence-electron chi connectivity index (χ1n) is 10.6. The molecule has 1 saturated heterocycles. The van der Waals surface area contributed by atoms with E-state index in [1.165, 1.54) is 11.1 Å². The lowest BCUT2D eigenvalue weighted by Gasteiger charge is -2.34. The summed E-state index contributed by atoms with van der Waals surface area (Å²) < 4.78 is 0. The first kappa shape index (κ1) is 20.6. The molecule has 2 aromatic carbocycles. The Labute approximate surface area is 169 Å². The number of carbonyl (C=O) groups excluding carboxylic acids is 1. The highest BCUT2D eigenvalue weighted by Gasteiger charge is 2.20. The van der Waals surface area contributed by atoms with Crippen LogP contribution in [0.25, 0.3) is 0 Å². The highest BCUT2D eigenvalue weighted by Crippen LogP contribution is 2.18. The normalized spacial score (nSPS) is 16.6. The fourth-order valence-electron chi connectivity index (χ4n) is 3.84. The van der Waals surface area contributed by atoms with Gasteiger partial charge in [0, 0.05) is 32.7 Å². The van der Waals surface area contributed by atoms with E-state index in [1.54, 1.807) is 0 Å². The number of amides is 1. The van der Waals surface area contributed by atoms with Gasteiger partial charge in [-0.3, -0.25) is 9.69 Å². The molecule has 150 valence electrons. The van der Waals surface area contributed by atoms with Crippen molar-refractivity contribution < 1.29 is 4.79 Å². The zero-order chi connectivity index (χ0) is 19.6. The third kappa shape index (κ3) is 6.47. The van der Waals surface area contributed by atoms with E-state index in [9.17, 15) is 4.79 Å². The van der Waals surface area contributed by atoms with Crippen LogP contribution in [0.4, 0.5) is 0 Å². The summed E-state index contributed by atoms with van der Waals surface area (Å²) in [6.45, 7) is 7.76. The highest BCUT2D eigenvalue weighted by atomic mass is 16.2. The van der Waals surface area contributed by atoms with Gasteiger partial charge < -0.3 is 10.2 Å². The van der Waals surface area contributed by atoms with Crippen molar-refractivity contribution in [3.63, 3.8) is 0 Å². The Balaban J connectivity index is 1.40. The van der Waals surface area contributed by atoms with Crippen molar-refractivity contribution >= 4 is 5.91 Å².